The average Bonchev–Trinajstić information content (AvgIpc) is 2.49. The van der Waals surface area contributed by atoms with Crippen LogP contribution in [0.4, 0.5) is 13.2 Å². The van der Waals surface area contributed by atoms with Crippen molar-refractivity contribution in [3.05, 3.63) is 0 Å². The Balaban J connectivity index is 2.69. The lowest BCUT2D eigenvalue weighted by Gasteiger charge is -2.24. The fourth-order valence-corrected chi connectivity index (χ4v) is 1.04. The van der Waals surface area contributed by atoms with Gasteiger partial charge < -0.3 is 9.47 Å². The summed E-state index contributed by atoms with van der Waals surface area (Å²) in [6.07, 6.45) is -5.38. The van der Waals surface area contributed by atoms with E-state index < -0.39 is 17.9 Å². The van der Waals surface area contributed by atoms with Crippen LogP contribution in [0, 0.1) is 0 Å². The molecule has 1 aliphatic heterocycles. The van der Waals surface area contributed by atoms with E-state index in [0.717, 1.165) is 6.92 Å². The van der Waals surface area contributed by atoms with Crippen LogP contribution >= 0.6 is 0 Å². The van der Waals surface area contributed by atoms with Gasteiger partial charge in [-0.1, -0.05) is 0 Å². The van der Waals surface area contributed by atoms with Crippen LogP contribution in [-0.2, 0) is 14.3 Å². The van der Waals surface area contributed by atoms with Crippen molar-refractivity contribution in [2.45, 2.75) is 31.9 Å². The van der Waals surface area contributed by atoms with Gasteiger partial charge in [-0.15, -0.1) is 0 Å². The van der Waals surface area contributed by atoms with Crippen molar-refractivity contribution < 1.29 is 27.4 Å². The Kier molecular flexibility index (Phi) is 3.13. The molecule has 0 aromatic rings. The highest BCUT2D eigenvalue weighted by atomic mass is 19.4. The number of carbonyl (C=O) groups is 1. The van der Waals surface area contributed by atoms with Crippen molar-refractivity contribution >= 4 is 11.9 Å². The number of rotatable bonds is 2. The van der Waals surface area contributed by atoms with E-state index in [0.29, 0.717) is 0 Å². The van der Waals surface area contributed by atoms with E-state index in [1.54, 1.807) is 6.92 Å². The van der Waals surface area contributed by atoms with Crippen LogP contribution < -0.4 is 5.73 Å². The molecule has 0 aliphatic carbocycles. The number of alkyl halides is 3. The highest BCUT2D eigenvalue weighted by Gasteiger charge is 2.47. The summed E-state index contributed by atoms with van der Waals surface area (Å²) in [5.74, 6) is -2.58. The molecule has 5 nitrogen and oxygen atoms in total. The van der Waals surface area contributed by atoms with Crippen molar-refractivity contribution in [2.24, 2.45) is 10.7 Å². The predicted molar refractivity (Wildman–Crippen MR) is 47.6 cm³/mol. The molecule has 0 amide bonds. The number of ether oxygens (including phenoxy) is 2. The minimum atomic E-state index is -5.09. The molecule has 92 valence electrons. The van der Waals surface area contributed by atoms with Crippen molar-refractivity contribution in [1.82, 2.24) is 0 Å². The van der Waals surface area contributed by atoms with Crippen LogP contribution in [0.3, 0.4) is 0 Å². The van der Waals surface area contributed by atoms with Gasteiger partial charge in [-0.25, -0.2) is 9.79 Å². The zero-order valence-corrected chi connectivity index (χ0v) is 8.67. The van der Waals surface area contributed by atoms with Crippen molar-refractivity contribution in [2.75, 3.05) is 6.54 Å². The summed E-state index contributed by atoms with van der Waals surface area (Å²) in [7, 11) is 0. The summed E-state index contributed by atoms with van der Waals surface area (Å²) in [6.45, 7) is 3.01. The molecular formula is C8H11F3N2O3. The number of esters is 1. The van der Waals surface area contributed by atoms with Crippen LogP contribution in [0.2, 0.25) is 0 Å². The molecule has 1 aliphatic rings. The van der Waals surface area contributed by atoms with Crippen LogP contribution in [-0.4, -0.2) is 36.4 Å². The number of carbonyl (C=O) groups excluding carboxylic acids is 1. The van der Waals surface area contributed by atoms with Gasteiger partial charge in [-0.3, -0.25) is 5.73 Å². The van der Waals surface area contributed by atoms with E-state index in [1.165, 1.54) is 0 Å². The molecule has 0 spiro atoms. The molecule has 0 saturated carbocycles. The van der Waals surface area contributed by atoms with Crippen LogP contribution in [0.1, 0.15) is 13.8 Å². The number of nitrogens with zero attached hydrogens (tertiary/aromatic N) is 1. The van der Waals surface area contributed by atoms with Gasteiger partial charge in [0.15, 0.2) is 0 Å². The lowest BCUT2D eigenvalue weighted by atomic mass is 10.3. The molecule has 0 radical (unpaired) electrons. The first kappa shape index (κ1) is 12.8. The second kappa shape index (κ2) is 3.93. The van der Waals surface area contributed by atoms with E-state index in [9.17, 15) is 18.0 Å². The molecule has 0 fully saturated rings. The van der Waals surface area contributed by atoms with E-state index in [-0.39, 0.29) is 18.5 Å². The standard InChI is InChI=1S/C8H11F3N2O3/c1-4-3-13-5(15-4)7(2,12)16-6(14)8(9,10)11/h4H,3,12H2,1-2H3. The Labute approximate surface area is 89.4 Å². The Morgan fingerprint density at radius 1 is 1.62 bits per heavy atom. The predicted octanol–water partition coefficient (Wildman–Crippen LogP) is 0.584. The summed E-state index contributed by atoms with van der Waals surface area (Å²) < 4.78 is 44.9. The van der Waals surface area contributed by atoms with Gasteiger partial charge in [-0.2, -0.15) is 13.2 Å². The summed E-state index contributed by atoms with van der Waals surface area (Å²) >= 11 is 0. The molecule has 2 atom stereocenters. The number of nitrogens with two attached hydrogens (primary N) is 1. The first-order valence-electron chi connectivity index (χ1n) is 4.43. The number of halogens is 3. The summed E-state index contributed by atoms with van der Waals surface area (Å²) in [4.78, 5) is 14.3. The SMILES string of the molecule is CC1CN=C(C(C)(N)OC(=O)C(F)(F)F)O1. The first-order valence-corrected chi connectivity index (χ1v) is 4.43. The largest absolute Gasteiger partial charge is 0.491 e. The molecule has 2 unspecified atom stereocenters. The van der Waals surface area contributed by atoms with Gasteiger partial charge in [0.05, 0.1) is 6.54 Å². The molecular weight excluding hydrogens is 229 g/mol. The van der Waals surface area contributed by atoms with Crippen molar-refractivity contribution in [1.29, 1.82) is 0 Å². The summed E-state index contributed by atoms with van der Waals surface area (Å²) in [6, 6.07) is 0. The Hall–Kier alpha value is -1.31. The maximum absolute atomic E-state index is 11.9. The third-order valence-corrected chi connectivity index (χ3v) is 1.77. The third-order valence-electron chi connectivity index (χ3n) is 1.77. The average molecular weight is 240 g/mol. The monoisotopic (exact) mass is 240 g/mol. The van der Waals surface area contributed by atoms with Crippen molar-refractivity contribution in [3.63, 3.8) is 0 Å². The molecule has 0 aromatic heterocycles. The van der Waals surface area contributed by atoms with E-state index >= 15 is 0 Å². The molecule has 1 heterocycles. The van der Waals surface area contributed by atoms with Crippen LogP contribution in [0.15, 0.2) is 4.99 Å². The molecule has 8 heteroatoms. The fraction of sp³-hybridized carbons (Fsp3) is 0.750. The van der Waals surface area contributed by atoms with Gasteiger partial charge in [0, 0.05) is 0 Å². The smallest absolute Gasteiger partial charge is 0.472 e. The zero-order valence-electron chi connectivity index (χ0n) is 8.67. The lowest BCUT2D eigenvalue weighted by molar-refractivity contribution is -0.208. The Morgan fingerprint density at radius 3 is 2.56 bits per heavy atom. The third kappa shape index (κ3) is 2.84. The molecule has 0 saturated heterocycles. The summed E-state index contributed by atoms with van der Waals surface area (Å²) in [5.41, 5.74) is 3.38. The van der Waals surface area contributed by atoms with Gasteiger partial charge in [0.25, 0.3) is 0 Å². The van der Waals surface area contributed by atoms with Gasteiger partial charge in [-0.05, 0) is 13.8 Å². The quantitative estimate of drug-likeness (QED) is 0.566. The second-order valence-electron chi connectivity index (χ2n) is 3.57. The van der Waals surface area contributed by atoms with Gasteiger partial charge >= 0.3 is 12.1 Å². The van der Waals surface area contributed by atoms with E-state index in [1.807, 2.05) is 0 Å². The molecule has 0 aromatic carbocycles. The normalized spacial score (nSPS) is 24.4. The second-order valence-corrected chi connectivity index (χ2v) is 3.57. The van der Waals surface area contributed by atoms with E-state index in [4.69, 9.17) is 10.5 Å². The van der Waals surface area contributed by atoms with Crippen molar-refractivity contribution in [3.8, 4) is 0 Å². The molecule has 1 rings (SSSR count). The van der Waals surface area contributed by atoms with Gasteiger partial charge in [0.2, 0.25) is 11.6 Å². The minimum absolute atomic E-state index is 0.211. The fourth-order valence-electron chi connectivity index (χ4n) is 1.04. The number of hydrogen-bond acceptors (Lipinski definition) is 5. The summed E-state index contributed by atoms with van der Waals surface area (Å²) in [5, 5.41) is 0. The molecule has 0 bridgehead atoms. The maximum Gasteiger partial charge on any atom is 0.491 e. The lowest BCUT2D eigenvalue weighted by Crippen LogP contribution is -2.51. The van der Waals surface area contributed by atoms with Crippen LogP contribution in [0.5, 0.6) is 0 Å². The minimum Gasteiger partial charge on any atom is -0.472 e. The molecule has 16 heavy (non-hydrogen) atoms. The maximum atomic E-state index is 11.9. The Bertz CT molecular complexity index is 325. The zero-order chi connectivity index (χ0) is 12.6. The number of hydrogen-bond donors (Lipinski definition) is 1. The highest BCUT2D eigenvalue weighted by molar-refractivity contribution is 5.88. The highest BCUT2D eigenvalue weighted by Crippen LogP contribution is 2.21. The van der Waals surface area contributed by atoms with Crippen LogP contribution in [0.25, 0.3) is 0 Å². The topological polar surface area (TPSA) is 73.9 Å². The van der Waals surface area contributed by atoms with E-state index in [2.05, 4.69) is 9.73 Å². The number of aliphatic imine (C=N–C) groups is 1. The Morgan fingerprint density at radius 2 is 2.19 bits per heavy atom. The van der Waals surface area contributed by atoms with Gasteiger partial charge in [0.1, 0.15) is 6.10 Å². The molecule has 2 N–H and O–H groups in total. The first-order chi connectivity index (χ1) is 7.13.